The number of anilines is 1. The van der Waals surface area contributed by atoms with E-state index >= 15 is 0 Å². The van der Waals surface area contributed by atoms with Crippen LogP contribution in [0.15, 0.2) is 18.2 Å². The number of benzene rings is 1. The molecule has 4 heteroatoms. The fraction of sp³-hybridized carbons (Fsp3) is 0.222. The number of nitrogens with zero attached hydrogens (tertiary/aromatic N) is 1. The third-order valence-corrected chi connectivity index (χ3v) is 1.75. The lowest BCUT2D eigenvalue weighted by Gasteiger charge is -2.15. The molecule has 1 rings (SSSR count). The molecule has 13 heavy (non-hydrogen) atoms. The summed E-state index contributed by atoms with van der Waals surface area (Å²) in [7, 11) is 3.70. The summed E-state index contributed by atoms with van der Waals surface area (Å²) in [5, 5.41) is 0. The molecule has 1 aromatic carbocycles. The normalized spacial score (nSPS) is 9.46. The Bertz CT molecular complexity index is 310. The summed E-state index contributed by atoms with van der Waals surface area (Å²) in [6, 6.07) is 5.03. The zero-order valence-corrected chi connectivity index (χ0v) is 7.65. The first-order valence-corrected chi connectivity index (χ1v) is 3.82. The van der Waals surface area contributed by atoms with E-state index in [4.69, 9.17) is 5.90 Å². The van der Waals surface area contributed by atoms with E-state index in [0.29, 0.717) is 11.3 Å². The second kappa shape index (κ2) is 3.91. The Morgan fingerprint density at radius 2 is 2.15 bits per heavy atom. The molecule has 0 fully saturated rings. The molecule has 0 unspecified atom stereocenters. The predicted octanol–water partition coefficient (Wildman–Crippen LogP) is 0.818. The van der Waals surface area contributed by atoms with Gasteiger partial charge in [0.15, 0.2) is 6.29 Å². The summed E-state index contributed by atoms with van der Waals surface area (Å²) in [6.07, 6.45) is 0.801. The SMILES string of the molecule is CN(C)c1cc(ON)ccc1C=O. The van der Waals surface area contributed by atoms with Crippen LogP contribution in [0.2, 0.25) is 0 Å². The summed E-state index contributed by atoms with van der Waals surface area (Å²) in [4.78, 5) is 17.0. The Morgan fingerprint density at radius 1 is 1.46 bits per heavy atom. The van der Waals surface area contributed by atoms with Crippen molar-refractivity contribution >= 4 is 12.0 Å². The molecule has 0 bridgehead atoms. The molecular weight excluding hydrogens is 168 g/mol. The van der Waals surface area contributed by atoms with Crippen LogP contribution in [0.1, 0.15) is 10.4 Å². The molecule has 0 aliphatic rings. The second-order valence-corrected chi connectivity index (χ2v) is 2.85. The fourth-order valence-corrected chi connectivity index (χ4v) is 1.08. The molecule has 2 N–H and O–H groups in total. The monoisotopic (exact) mass is 180 g/mol. The summed E-state index contributed by atoms with van der Waals surface area (Å²) < 4.78 is 0. The van der Waals surface area contributed by atoms with Crippen LogP contribution in [0.4, 0.5) is 5.69 Å². The van der Waals surface area contributed by atoms with Crippen LogP contribution in [0.5, 0.6) is 5.75 Å². The Morgan fingerprint density at radius 3 is 2.62 bits per heavy atom. The van der Waals surface area contributed by atoms with Crippen molar-refractivity contribution in [2.45, 2.75) is 0 Å². The van der Waals surface area contributed by atoms with Crippen LogP contribution in [0, 0.1) is 0 Å². The molecule has 4 nitrogen and oxygen atoms in total. The number of hydrogen-bond donors (Lipinski definition) is 1. The Kier molecular flexibility index (Phi) is 2.87. The summed E-state index contributed by atoms with van der Waals surface area (Å²) >= 11 is 0. The molecule has 0 aromatic heterocycles. The van der Waals surface area contributed by atoms with E-state index in [2.05, 4.69) is 4.84 Å². The van der Waals surface area contributed by atoms with Crippen LogP contribution < -0.4 is 15.6 Å². The van der Waals surface area contributed by atoms with Gasteiger partial charge < -0.3 is 9.74 Å². The molecule has 0 amide bonds. The third kappa shape index (κ3) is 1.97. The third-order valence-electron chi connectivity index (χ3n) is 1.75. The van der Waals surface area contributed by atoms with Gasteiger partial charge in [0, 0.05) is 25.7 Å². The number of carbonyl (C=O) groups is 1. The van der Waals surface area contributed by atoms with Crippen molar-refractivity contribution in [1.29, 1.82) is 0 Å². The molecule has 0 radical (unpaired) electrons. The van der Waals surface area contributed by atoms with Gasteiger partial charge in [0.05, 0.1) is 5.69 Å². The molecule has 0 heterocycles. The largest absolute Gasteiger partial charge is 0.411 e. The van der Waals surface area contributed by atoms with Crippen molar-refractivity contribution in [2.24, 2.45) is 5.90 Å². The van der Waals surface area contributed by atoms with Gasteiger partial charge in [-0.25, -0.2) is 0 Å². The number of nitrogens with two attached hydrogens (primary N) is 1. The highest BCUT2D eigenvalue weighted by molar-refractivity contribution is 5.85. The topological polar surface area (TPSA) is 55.6 Å². The molecule has 0 aliphatic carbocycles. The zero-order chi connectivity index (χ0) is 9.84. The average molecular weight is 180 g/mol. The highest BCUT2D eigenvalue weighted by Gasteiger charge is 2.05. The molecule has 0 aliphatic heterocycles. The van der Waals surface area contributed by atoms with Gasteiger partial charge in [-0.2, -0.15) is 5.90 Å². The maximum Gasteiger partial charge on any atom is 0.152 e. The summed E-state index contributed by atoms with van der Waals surface area (Å²) in [5.74, 6) is 5.54. The fourth-order valence-electron chi connectivity index (χ4n) is 1.08. The van der Waals surface area contributed by atoms with Gasteiger partial charge in [-0.05, 0) is 12.1 Å². The Balaban J connectivity index is 3.17. The smallest absolute Gasteiger partial charge is 0.152 e. The second-order valence-electron chi connectivity index (χ2n) is 2.85. The highest BCUT2D eigenvalue weighted by Crippen LogP contribution is 2.22. The molecule has 0 saturated heterocycles. The van der Waals surface area contributed by atoms with E-state index < -0.39 is 0 Å². The quantitative estimate of drug-likeness (QED) is 0.552. The Hall–Kier alpha value is -1.55. The number of rotatable bonds is 3. The zero-order valence-electron chi connectivity index (χ0n) is 7.65. The molecule has 70 valence electrons. The van der Waals surface area contributed by atoms with E-state index in [0.717, 1.165) is 12.0 Å². The number of carbonyl (C=O) groups excluding carboxylic acids is 1. The van der Waals surface area contributed by atoms with Crippen LogP contribution in [-0.2, 0) is 0 Å². The molecule has 0 saturated carbocycles. The average Bonchev–Trinajstić information content (AvgIpc) is 2.16. The molecule has 0 spiro atoms. The van der Waals surface area contributed by atoms with E-state index in [1.165, 1.54) is 0 Å². The molecule has 1 aromatic rings. The highest BCUT2D eigenvalue weighted by atomic mass is 16.6. The van der Waals surface area contributed by atoms with Gasteiger partial charge in [-0.15, -0.1) is 0 Å². The number of aldehydes is 1. The van der Waals surface area contributed by atoms with Crippen molar-refractivity contribution in [3.63, 3.8) is 0 Å². The van der Waals surface area contributed by atoms with Crippen LogP contribution in [0.3, 0.4) is 0 Å². The maximum atomic E-state index is 10.6. The van der Waals surface area contributed by atoms with Crippen LogP contribution in [-0.4, -0.2) is 20.4 Å². The van der Waals surface area contributed by atoms with Crippen LogP contribution in [0.25, 0.3) is 0 Å². The molecule has 0 atom stereocenters. The van der Waals surface area contributed by atoms with Crippen molar-refractivity contribution in [1.82, 2.24) is 0 Å². The number of hydrogen-bond acceptors (Lipinski definition) is 4. The van der Waals surface area contributed by atoms with Crippen molar-refractivity contribution in [3.05, 3.63) is 23.8 Å². The summed E-state index contributed by atoms with van der Waals surface area (Å²) in [5.41, 5.74) is 1.41. The lowest BCUT2D eigenvalue weighted by Crippen LogP contribution is -2.12. The minimum Gasteiger partial charge on any atom is -0.411 e. The minimum absolute atomic E-state index is 0.536. The van der Waals surface area contributed by atoms with E-state index in [1.807, 2.05) is 19.0 Å². The van der Waals surface area contributed by atoms with E-state index in [-0.39, 0.29) is 0 Å². The first-order chi connectivity index (χ1) is 6.19. The first kappa shape index (κ1) is 9.54. The van der Waals surface area contributed by atoms with Gasteiger partial charge >= 0.3 is 0 Å². The lowest BCUT2D eigenvalue weighted by molar-refractivity contribution is 0.112. The van der Waals surface area contributed by atoms with Gasteiger partial charge in [-0.1, -0.05) is 0 Å². The van der Waals surface area contributed by atoms with Crippen molar-refractivity contribution in [2.75, 3.05) is 19.0 Å². The van der Waals surface area contributed by atoms with Gasteiger partial charge in [0.2, 0.25) is 0 Å². The first-order valence-electron chi connectivity index (χ1n) is 3.82. The van der Waals surface area contributed by atoms with Crippen LogP contribution >= 0.6 is 0 Å². The van der Waals surface area contributed by atoms with Gasteiger partial charge in [0.1, 0.15) is 5.75 Å². The van der Waals surface area contributed by atoms with E-state index in [9.17, 15) is 4.79 Å². The van der Waals surface area contributed by atoms with Crippen molar-refractivity contribution < 1.29 is 9.63 Å². The summed E-state index contributed by atoms with van der Waals surface area (Å²) in [6.45, 7) is 0. The van der Waals surface area contributed by atoms with E-state index in [1.54, 1.807) is 18.2 Å². The Labute approximate surface area is 76.9 Å². The standard InChI is InChI=1S/C9H12N2O2/c1-11(2)9-5-8(13-10)4-3-7(9)6-12/h3-6H,10H2,1-2H3. The minimum atomic E-state index is 0.536. The maximum absolute atomic E-state index is 10.6. The van der Waals surface area contributed by atoms with Gasteiger partial charge in [0.25, 0.3) is 0 Å². The van der Waals surface area contributed by atoms with Crippen molar-refractivity contribution in [3.8, 4) is 5.75 Å². The molecular formula is C9H12N2O2. The van der Waals surface area contributed by atoms with Gasteiger partial charge in [-0.3, -0.25) is 4.79 Å². The lowest BCUT2D eigenvalue weighted by atomic mass is 10.2. The predicted molar refractivity (Wildman–Crippen MR) is 51.0 cm³/mol.